The largest absolute Gasteiger partial charge is 0.0708 e. The molecule has 54 valence electrons. The van der Waals surface area contributed by atoms with E-state index in [2.05, 4.69) is 37.7 Å². The van der Waals surface area contributed by atoms with Crippen molar-refractivity contribution in [3.05, 3.63) is 29.8 Å². The van der Waals surface area contributed by atoms with Crippen molar-refractivity contribution in [3.8, 4) is 0 Å². The molecule has 0 saturated heterocycles. The summed E-state index contributed by atoms with van der Waals surface area (Å²) in [6.45, 7) is 4.57. The molecule has 0 bridgehead atoms. The Morgan fingerprint density at radius 3 is 2.50 bits per heavy atom. The zero-order valence-corrected chi connectivity index (χ0v) is 8.14. The summed E-state index contributed by atoms with van der Waals surface area (Å²) >= 11 is 0. The summed E-state index contributed by atoms with van der Waals surface area (Å²) in [5, 5.41) is 1.63. The Morgan fingerprint density at radius 1 is 1.30 bits per heavy atom. The molecule has 0 fully saturated rings. The van der Waals surface area contributed by atoms with Crippen LogP contribution >= 0.6 is 0 Å². The highest BCUT2D eigenvalue weighted by atomic mass is 28.2. The molecule has 0 amide bonds. The predicted molar refractivity (Wildman–Crippen MR) is 49.9 cm³/mol. The number of rotatable bonds is 2. The minimum absolute atomic E-state index is 0.0514. The van der Waals surface area contributed by atoms with Crippen LogP contribution in [0.4, 0.5) is 0 Å². The fraction of sp³-hybridized carbons (Fsp3) is 0.333. The Labute approximate surface area is 65.1 Å². The van der Waals surface area contributed by atoms with Crippen molar-refractivity contribution in [3.63, 3.8) is 0 Å². The summed E-state index contributed by atoms with van der Waals surface area (Å²) in [7, 11) is 0.0514. The van der Waals surface area contributed by atoms with Gasteiger partial charge in [0.05, 0.1) is 9.52 Å². The monoisotopic (exact) mass is 150 g/mol. The van der Waals surface area contributed by atoms with Gasteiger partial charge < -0.3 is 0 Å². The predicted octanol–water partition coefficient (Wildman–Crippen LogP) is 1.09. The zero-order chi connectivity index (χ0) is 7.40. The van der Waals surface area contributed by atoms with Crippen molar-refractivity contribution in [2.24, 2.45) is 0 Å². The van der Waals surface area contributed by atoms with Crippen LogP contribution in [0, 0.1) is 0 Å². The summed E-state index contributed by atoms with van der Waals surface area (Å²) in [4.78, 5) is 0. The van der Waals surface area contributed by atoms with Gasteiger partial charge in [-0.15, -0.1) is 0 Å². The molecule has 0 unspecified atom stereocenters. The lowest BCUT2D eigenvalue weighted by molar-refractivity contribution is 1.15. The van der Waals surface area contributed by atoms with E-state index in [1.54, 1.807) is 10.8 Å². The molecule has 10 heavy (non-hydrogen) atoms. The second-order valence-corrected chi connectivity index (χ2v) is 3.94. The van der Waals surface area contributed by atoms with E-state index in [1.165, 1.54) is 6.42 Å². The van der Waals surface area contributed by atoms with Gasteiger partial charge in [-0.05, 0) is 12.0 Å². The van der Waals surface area contributed by atoms with Crippen LogP contribution in [0.2, 0.25) is 6.55 Å². The van der Waals surface area contributed by atoms with E-state index in [0.29, 0.717) is 0 Å². The average Bonchev–Trinajstić information content (AvgIpc) is 2.04. The molecule has 0 radical (unpaired) electrons. The van der Waals surface area contributed by atoms with E-state index in [9.17, 15) is 0 Å². The number of benzene rings is 1. The first-order valence-electron chi connectivity index (χ1n) is 3.95. The Kier molecular flexibility index (Phi) is 2.69. The summed E-state index contributed by atoms with van der Waals surface area (Å²) in [5.41, 5.74) is 1.55. The van der Waals surface area contributed by atoms with Crippen molar-refractivity contribution >= 4 is 14.7 Å². The van der Waals surface area contributed by atoms with Crippen LogP contribution in [0.15, 0.2) is 24.3 Å². The maximum absolute atomic E-state index is 2.34. The van der Waals surface area contributed by atoms with Gasteiger partial charge in [-0.2, -0.15) is 0 Å². The van der Waals surface area contributed by atoms with Crippen LogP contribution in [0.5, 0.6) is 0 Å². The summed E-state index contributed by atoms with van der Waals surface area (Å²) in [6.07, 6.45) is 1.19. The second-order valence-electron chi connectivity index (χ2n) is 2.48. The quantitative estimate of drug-likeness (QED) is 0.554. The number of hydrogen-bond donors (Lipinski definition) is 0. The Bertz CT molecular complexity index is 183. The normalized spacial score (nSPS) is 11.0. The molecule has 0 aliphatic heterocycles. The average molecular weight is 150 g/mol. The molecule has 0 aliphatic rings. The molecule has 0 nitrogen and oxygen atoms in total. The van der Waals surface area contributed by atoms with Gasteiger partial charge in [-0.3, -0.25) is 0 Å². The molecule has 0 heterocycles. The molecule has 1 aromatic rings. The van der Waals surface area contributed by atoms with Gasteiger partial charge >= 0.3 is 0 Å². The molecule has 0 N–H and O–H groups in total. The van der Waals surface area contributed by atoms with Crippen molar-refractivity contribution in [2.75, 3.05) is 0 Å². The van der Waals surface area contributed by atoms with Gasteiger partial charge in [0, 0.05) is 0 Å². The summed E-state index contributed by atoms with van der Waals surface area (Å²) < 4.78 is 0. The lowest BCUT2D eigenvalue weighted by Gasteiger charge is -2.02. The minimum atomic E-state index is 0.0514. The SMILES string of the molecule is CCc1ccccc1[SiH2]C. The van der Waals surface area contributed by atoms with Gasteiger partial charge in [0.1, 0.15) is 0 Å². The van der Waals surface area contributed by atoms with Crippen molar-refractivity contribution < 1.29 is 0 Å². The molecule has 0 aliphatic carbocycles. The third-order valence-corrected chi connectivity index (χ3v) is 3.33. The molecule has 1 aromatic carbocycles. The molecule has 0 atom stereocenters. The number of aryl methyl sites for hydroxylation is 1. The Balaban J connectivity index is 2.96. The minimum Gasteiger partial charge on any atom is -0.0708 e. The third kappa shape index (κ3) is 1.48. The molecular formula is C9H14Si. The van der Waals surface area contributed by atoms with Crippen molar-refractivity contribution in [1.82, 2.24) is 0 Å². The van der Waals surface area contributed by atoms with E-state index in [-0.39, 0.29) is 9.52 Å². The Morgan fingerprint density at radius 2 is 2.00 bits per heavy atom. The first-order chi connectivity index (χ1) is 4.88. The summed E-state index contributed by atoms with van der Waals surface area (Å²) in [6, 6.07) is 8.79. The van der Waals surface area contributed by atoms with Crippen LogP contribution in [0.3, 0.4) is 0 Å². The van der Waals surface area contributed by atoms with Gasteiger partial charge in [-0.1, -0.05) is 42.9 Å². The molecule has 0 saturated carbocycles. The van der Waals surface area contributed by atoms with E-state index >= 15 is 0 Å². The topological polar surface area (TPSA) is 0 Å². The van der Waals surface area contributed by atoms with Crippen LogP contribution in [0.25, 0.3) is 0 Å². The highest BCUT2D eigenvalue weighted by Gasteiger charge is 1.94. The highest BCUT2D eigenvalue weighted by Crippen LogP contribution is 1.95. The van der Waals surface area contributed by atoms with Gasteiger partial charge in [-0.25, -0.2) is 0 Å². The Hall–Kier alpha value is -0.563. The van der Waals surface area contributed by atoms with Gasteiger partial charge in [0.25, 0.3) is 0 Å². The lowest BCUT2D eigenvalue weighted by Crippen LogP contribution is -2.15. The molecule has 1 rings (SSSR count). The van der Waals surface area contributed by atoms with E-state index in [1.807, 2.05) is 0 Å². The van der Waals surface area contributed by atoms with Crippen molar-refractivity contribution in [2.45, 2.75) is 19.9 Å². The van der Waals surface area contributed by atoms with E-state index in [4.69, 9.17) is 0 Å². The third-order valence-electron chi connectivity index (χ3n) is 1.88. The maximum atomic E-state index is 2.34. The summed E-state index contributed by atoms with van der Waals surface area (Å²) in [5.74, 6) is 0. The van der Waals surface area contributed by atoms with Crippen LogP contribution < -0.4 is 5.19 Å². The van der Waals surface area contributed by atoms with Gasteiger partial charge in [0.15, 0.2) is 0 Å². The van der Waals surface area contributed by atoms with E-state index in [0.717, 1.165) is 0 Å². The maximum Gasteiger partial charge on any atom is 0.0520 e. The fourth-order valence-corrected chi connectivity index (χ4v) is 2.44. The lowest BCUT2D eigenvalue weighted by atomic mass is 10.2. The molecule has 0 spiro atoms. The van der Waals surface area contributed by atoms with E-state index < -0.39 is 0 Å². The molecule has 1 heteroatoms. The van der Waals surface area contributed by atoms with Crippen molar-refractivity contribution in [1.29, 1.82) is 0 Å². The molecule has 0 aromatic heterocycles. The second kappa shape index (κ2) is 3.57. The van der Waals surface area contributed by atoms with Crippen LogP contribution in [-0.4, -0.2) is 9.52 Å². The standard InChI is InChI=1S/C9H14Si/c1-3-8-6-4-5-7-9(8)10-2/h4-7H,3,10H2,1-2H3. The first-order valence-corrected chi connectivity index (χ1v) is 6.07. The highest BCUT2D eigenvalue weighted by molar-refractivity contribution is 6.52. The smallest absolute Gasteiger partial charge is 0.0520 e. The fourth-order valence-electron chi connectivity index (χ4n) is 1.25. The molecular weight excluding hydrogens is 136 g/mol. The zero-order valence-electron chi connectivity index (χ0n) is 6.72. The first kappa shape index (κ1) is 7.54. The van der Waals surface area contributed by atoms with Crippen LogP contribution in [0.1, 0.15) is 12.5 Å². The van der Waals surface area contributed by atoms with Crippen LogP contribution in [-0.2, 0) is 6.42 Å². The van der Waals surface area contributed by atoms with Gasteiger partial charge in [0.2, 0.25) is 0 Å². The number of hydrogen-bond acceptors (Lipinski definition) is 0.